The van der Waals surface area contributed by atoms with Gasteiger partial charge >= 0.3 is 0 Å². The first-order valence-electron chi connectivity index (χ1n) is 8.75. The third-order valence-electron chi connectivity index (χ3n) is 5.12. The fraction of sp³-hybridized carbons (Fsp3) is 0.556. The van der Waals surface area contributed by atoms with Crippen LogP contribution in [0.15, 0.2) is 18.2 Å². The van der Waals surface area contributed by atoms with Gasteiger partial charge in [0.1, 0.15) is 5.82 Å². The van der Waals surface area contributed by atoms with Crippen LogP contribution in [0.5, 0.6) is 0 Å². The summed E-state index contributed by atoms with van der Waals surface area (Å²) >= 11 is 5.97. The highest BCUT2D eigenvalue weighted by Gasteiger charge is 2.32. The Labute approximate surface area is 164 Å². The lowest BCUT2D eigenvalue weighted by atomic mass is 9.85. The van der Waals surface area contributed by atoms with Crippen molar-refractivity contribution >= 4 is 35.8 Å². The largest absolute Gasteiger partial charge is 0.339 e. The first-order valence-corrected chi connectivity index (χ1v) is 9.13. The molecule has 1 aromatic rings. The summed E-state index contributed by atoms with van der Waals surface area (Å²) < 4.78 is 13.9. The number of hydrogen-bond acceptors (Lipinski definition) is 3. The Morgan fingerprint density at radius 2 is 1.77 bits per heavy atom. The molecule has 144 valence electrons. The van der Waals surface area contributed by atoms with E-state index in [2.05, 4.69) is 0 Å². The van der Waals surface area contributed by atoms with Crippen molar-refractivity contribution in [3.8, 4) is 0 Å². The molecule has 2 atom stereocenters. The highest BCUT2D eigenvalue weighted by molar-refractivity contribution is 6.33. The van der Waals surface area contributed by atoms with Crippen LogP contribution in [-0.4, -0.2) is 53.8 Å². The first kappa shape index (κ1) is 20.9. The van der Waals surface area contributed by atoms with E-state index >= 15 is 0 Å². The van der Waals surface area contributed by atoms with Gasteiger partial charge in [-0.05, 0) is 31.4 Å². The molecular weight excluding hydrogens is 380 g/mol. The zero-order valence-corrected chi connectivity index (χ0v) is 16.1. The Balaban J connectivity index is 0.00000243. The smallest absolute Gasteiger partial charge is 0.258 e. The molecule has 3 rings (SSSR count). The van der Waals surface area contributed by atoms with Crippen molar-refractivity contribution < 1.29 is 14.0 Å². The Morgan fingerprint density at radius 1 is 1.12 bits per heavy atom. The average molecular weight is 404 g/mol. The van der Waals surface area contributed by atoms with Crippen LogP contribution < -0.4 is 5.73 Å². The van der Waals surface area contributed by atoms with Gasteiger partial charge in [0.05, 0.1) is 10.6 Å². The topological polar surface area (TPSA) is 66.6 Å². The fourth-order valence-corrected chi connectivity index (χ4v) is 3.94. The van der Waals surface area contributed by atoms with Crippen molar-refractivity contribution in [2.45, 2.75) is 31.7 Å². The molecule has 1 aliphatic heterocycles. The summed E-state index contributed by atoms with van der Waals surface area (Å²) in [5.41, 5.74) is 5.88. The molecule has 0 radical (unpaired) electrons. The van der Waals surface area contributed by atoms with Crippen LogP contribution >= 0.6 is 24.0 Å². The van der Waals surface area contributed by atoms with E-state index in [0.717, 1.165) is 25.7 Å². The Morgan fingerprint density at radius 3 is 2.38 bits per heavy atom. The van der Waals surface area contributed by atoms with Gasteiger partial charge in [0.25, 0.3) is 5.91 Å². The molecule has 1 saturated heterocycles. The molecule has 26 heavy (non-hydrogen) atoms. The van der Waals surface area contributed by atoms with Crippen LogP contribution in [0.1, 0.15) is 36.0 Å². The van der Waals surface area contributed by atoms with Crippen LogP contribution in [0.4, 0.5) is 4.39 Å². The van der Waals surface area contributed by atoms with Crippen LogP contribution in [0.2, 0.25) is 5.02 Å². The van der Waals surface area contributed by atoms with E-state index < -0.39 is 11.7 Å². The molecular formula is C18H24Cl2FN3O2. The number of carbonyl (C=O) groups is 2. The lowest BCUT2D eigenvalue weighted by Gasteiger charge is -2.38. The minimum absolute atomic E-state index is 0. The number of hydrogen-bond donors (Lipinski definition) is 1. The molecule has 1 saturated carbocycles. The Hall–Kier alpha value is -1.37. The van der Waals surface area contributed by atoms with E-state index in [0.29, 0.717) is 26.2 Å². The van der Waals surface area contributed by atoms with Crippen LogP contribution in [0, 0.1) is 11.7 Å². The number of rotatable bonds is 2. The molecule has 2 N–H and O–H groups in total. The summed E-state index contributed by atoms with van der Waals surface area (Å²) in [5.74, 6) is -0.916. The maximum atomic E-state index is 13.9. The van der Waals surface area contributed by atoms with Crippen molar-refractivity contribution in [1.29, 1.82) is 0 Å². The molecule has 0 spiro atoms. The van der Waals surface area contributed by atoms with Crippen molar-refractivity contribution in [2.24, 2.45) is 11.7 Å². The van der Waals surface area contributed by atoms with Gasteiger partial charge in [0.15, 0.2) is 0 Å². The molecule has 2 fully saturated rings. The third-order valence-corrected chi connectivity index (χ3v) is 5.43. The Bertz CT molecular complexity index is 646. The maximum Gasteiger partial charge on any atom is 0.258 e. The van der Waals surface area contributed by atoms with E-state index in [9.17, 15) is 14.0 Å². The zero-order valence-electron chi connectivity index (χ0n) is 14.5. The quantitative estimate of drug-likeness (QED) is 0.825. The summed E-state index contributed by atoms with van der Waals surface area (Å²) in [6.07, 6.45) is 3.59. The molecule has 2 amide bonds. The summed E-state index contributed by atoms with van der Waals surface area (Å²) in [4.78, 5) is 28.5. The lowest BCUT2D eigenvalue weighted by molar-refractivity contribution is -0.138. The average Bonchev–Trinajstić information content (AvgIpc) is 2.61. The second-order valence-corrected chi connectivity index (χ2v) is 7.24. The van der Waals surface area contributed by atoms with Gasteiger partial charge in [-0.2, -0.15) is 0 Å². The predicted octanol–water partition coefficient (Wildman–Crippen LogP) is 2.70. The van der Waals surface area contributed by atoms with E-state index in [-0.39, 0.29) is 40.9 Å². The van der Waals surface area contributed by atoms with Gasteiger partial charge in [-0.15, -0.1) is 12.4 Å². The summed E-state index contributed by atoms with van der Waals surface area (Å²) in [5, 5.41) is 0.111. The third kappa shape index (κ3) is 4.48. The van der Waals surface area contributed by atoms with Crippen molar-refractivity contribution in [2.75, 3.05) is 26.2 Å². The number of piperazine rings is 1. The Kier molecular flexibility index (Phi) is 7.26. The van der Waals surface area contributed by atoms with E-state index in [1.165, 1.54) is 18.2 Å². The minimum Gasteiger partial charge on any atom is -0.339 e. The number of nitrogens with two attached hydrogens (primary N) is 1. The standard InChI is InChI=1S/C18H23ClFN3O2.ClH/c19-14-5-2-6-15(20)16(14)18(25)23-9-7-22(8-10-23)17(24)12-3-1-4-13(21)11-12;/h2,5-6,12-13H,1,3-4,7-11,21H2;1H. The predicted molar refractivity (Wildman–Crippen MR) is 101 cm³/mol. The fourth-order valence-electron chi connectivity index (χ4n) is 3.70. The molecule has 0 bridgehead atoms. The molecule has 8 heteroatoms. The highest BCUT2D eigenvalue weighted by Crippen LogP contribution is 2.26. The highest BCUT2D eigenvalue weighted by atomic mass is 35.5. The van der Waals surface area contributed by atoms with Crippen molar-refractivity contribution in [3.05, 3.63) is 34.6 Å². The van der Waals surface area contributed by atoms with Gasteiger partial charge in [-0.25, -0.2) is 4.39 Å². The number of halogens is 3. The zero-order chi connectivity index (χ0) is 18.0. The summed E-state index contributed by atoms with van der Waals surface area (Å²) in [6, 6.07) is 4.31. The van der Waals surface area contributed by atoms with Crippen LogP contribution in [-0.2, 0) is 4.79 Å². The normalized spacial score (nSPS) is 23.3. The van der Waals surface area contributed by atoms with E-state index in [4.69, 9.17) is 17.3 Å². The minimum atomic E-state index is -0.618. The van der Waals surface area contributed by atoms with Crippen LogP contribution in [0.25, 0.3) is 0 Å². The van der Waals surface area contributed by atoms with Gasteiger partial charge in [0.2, 0.25) is 5.91 Å². The SMILES string of the molecule is Cl.NC1CCCC(C(=O)N2CCN(C(=O)c3c(F)cccc3Cl)CC2)C1. The van der Waals surface area contributed by atoms with Crippen LogP contribution in [0.3, 0.4) is 0 Å². The number of amides is 2. The van der Waals surface area contributed by atoms with Crippen molar-refractivity contribution in [1.82, 2.24) is 9.80 Å². The number of carbonyl (C=O) groups excluding carboxylic acids is 2. The van der Waals surface area contributed by atoms with Gasteiger partial charge in [-0.3, -0.25) is 9.59 Å². The van der Waals surface area contributed by atoms with E-state index in [1.807, 2.05) is 0 Å². The monoisotopic (exact) mass is 403 g/mol. The molecule has 5 nitrogen and oxygen atoms in total. The van der Waals surface area contributed by atoms with Gasteiger partial charge in [-0.1, -0.05) is 24.1 Å². The second kappa shape index (κ2) is 9.02. The molecule has 1 aromatic carbocycles. The molecule has 1 aliphatic carbocycles. The molecule has 2 unspecified atom stereocenters. The number of benzene rings is 1. The summed E-state index contributed by atoms with van der Waals surface area (Å²) in [7, 11) is 0. The molecule has 2 aliphatic rings. The van der Waals surface area contributed by atoms with Gasteiger partial charge in [0, 0.05) is 38.1 Å². The summed E-state index contributed by atoms with van der Waals surface area (Å²) in [6.45, 7) is 1.69. The van der Waals surface area contributed by atoms with Gasteiger partial charge < -0.3 is 15.5 Å². The number of nitrogens with zero attached hydrogens (tertiary/aromatic N) is 2. The second-order valence-electron chi connectivity index (χ2n) is 6.84. The maximum absolute atomic E-state index is 13.9. The van der Waals surface area contributed by atoms with Crippen molar-refractivity contribution in [3.63, 3.8) is 0 Å². The van der Waals surface area contributed by atoms with E-state index in [1.54, 1.807) is 9.80 Å². The molecule has 1 heterocycles. The first-order chi connectivity index (χ1) is 12.0. The lowest BCUT2D eigenvalue weighted by Crippen LogP contribution is -2.52. The molecule has 0 aromatic heterocycles.